The Balaban J connectivity index is 1.63. The third-order valence-corrected chi connectivity index (χ3v) is 4.44. The summed E-state index contributed by atoms with van der Waals surface area (Å²) >= 11 is 0. The first-order valence-electron chi connectivity index (χ1n) is 8.39. The minimum Gasteiger partial charge on any atom is -0.482 e. The molecule has 0 saturated heterocycles. The van der Waals surface area contributed by atoms with E-state index in [4.69, 9.17) is 9.47 Å². The molecule has 0 radical (unpaired) electrons. The number of methoxy groups -OCH3 is 1. The van der Waals surface area contributed by atoms with Gasteiger partial charge in [0.2, 0.25) is 5.78 Å². The van der Waals surface area contributed by atoms with Crippen molar-refractivity contribution < 1.29 is 23.8 Å². The van der Waals surface area contributed by atoms with E-state index in [0.717, 1.165) is 16.5 Å². The molecule has 27 heavy (non-hydrogen) atoms. The molecule has 6 nitrogen and oxygen atoms in total. The normalized spacial score (nSPS) is 14.3. The lowest BCUT2D eigenvalue weighted by Crippen LogP contribution is -2.12. The van der Waals surface area contributed by atoms with Crippen molar-refractivity contribution in [3.8, 4) is 11.5 Å². The minimum absolute atomic E-state index is 0.183. The summed E-state index contributed by atoms with van der Waals surface area (Å²) in [5.74, 6) is 0.431. The molecule has 1 aliphatic heterocycles. The first-order valence-corrected chi connectivity index (χ1v) is 8.39. The number of allylic oxidation sites excluding steroid dienone is 1. The smallest absolute Gasteiger partial charge is 0.343 e. The van der Waals surface area contributed by atoms with Crippen molar-refractivity contribution in [1.82, 2.24) is 4.57 Å². The van der Waals surface area contributed by atoms with Gasteiger partial charge in [-0.2, -0.15) is 0 Å². The van der Waals surface area contributed by atoms with Crippen LogP contribution in [0.3, 0.4) is 0 Å². The van der Waals surface area contributed by atoms with Crippen LogP contribution in [-0.4, -0.2) is 30.0 Å². The molecular formula is C21H17NO5. The average molecular weight is 363 g/mol. The molecule has 136 valence electrons. The number of fused-ring (bicyclic) bond motifs is 2. The van der Waals surface area contributed by atoms with Crippen molar-refractivity contribution in [1.29, 1.82) is 0 Å². The Morgan fingerprint density at radius 1 is 1.22 bits per heavy atom. The highest BCUT2D eigenvalue weighted by Gasteiger charge is 2.28. The number of Topliss-reactive ketones (excluding diaryl/α,β-unsaturated/α-hetero) is 1. The summed E-state index contributed by atoms with van der Waals surface area (Å²) in [5, 5.41) is 1.04. The monoisotopic (exact) mass is 363 g/mol. The summed E-state index contributed by atoms with van der Waals surface area (Å²) in [4.78, 5) is 23.8. The van der Waals surface area contributed by atoms with Crippen LogP contribution in [0.25, 0.3) is 17.0 Å². The van der Waals surface area contributed by atoms with E-state index < -0.39 is 5.97 Å². The third kappa shape index (κ3) is 3.06. The number of carbonyl (C=O) groups excluding carboxylic acids is 2. The highest BCUT2D eigenvalue weighted by molar-refractivity contribution is 6.15. The molecule has 0 amide bonds. The number of para-hydroxylation sites is 1. The van der Waals surface area contributed by atoms with Crippen LogP contribution in [0.2, 0.25) is 0 Å². The molecule has 2 aromatic carbocycles. The van der Waals surface area contributed by atoms with E-state index in [1.54, 1.807) is 24.3 Å². The Kier molecular flexibility index (Phi) is 4.16. The molecule has 0 aliphatic carbocycles. The van der Waals surface area contributed by atoms with Gasteiger partial charge < -0.3 is 18.8 Å². The molecule has 0 N–H and O–H groups in total. The van der Waals surface area contributed by atoms with Crippen LogP contribution in [0.15, 0.2) is 54.4 Å². The summed E-state index contributed by atoms with van der Waals surface area (Å²) in [5.41, 5.74) is 2.45. The Labute approximate surface area is 155 Å². The zero-order valence-corrected chi connectivity index (χ0v) is 14.9. The maximum absolute atomic E-state index is 12.7. The lowest BCUT2D eigenvalue weighted by Gasteiger charge is -2.05. The van der Waals surface area contributed by atoms with Crippen LogP contribution >= 0.6 is 0 Å². The van der Waals surface area contributed by atoms with Crippen molar-refractivity contribution in [3.63, 3.8) is 0 Å². The average Bonchev–Trinajstić information content (AvgIpc) is 3.17. The summed E-state index contributed by atoms with van der Waals surface area (Å²) in [6.45, 7) is -0.206. The standard InChI is InChI=1S/C21H17NO5/c1-22-11-13(15-5-3-4-6-17(15)22)9-19-21(24)16-8-7-14(10-18(16)27-19)26-12-20(23)25-2/h3-11H,12H2,1-2H3/b19-9+. The van der Waals surface area contributed by atoms with Gasteiger partial charge in [-0.3, -0.25) is 4.79 Å². The fourth-order valence-electron chi connectivity index (χ4n) is 3.09. The SMILES string of the molecule is COC(=O)COc1ccc2c(c1)O/C(=C/c1cn(C)c3ccccc13)C2=O. The van der Waals surface area contributed by atoms with Gasteiger partial charge in [0.1, 0.15) is 11.5 Å². The number of hydrogen-bond acceptors (Lipinski definition) is 5. The quantitative estimate of drug-likeness (QED) is 0.525. The number of hydrogen-bond donors (Lipinski definition) is 0. The highest BCUT2D eigenvalue weighted by Crippen LogP contribution is 2.35. The number of ether oxygens (including phenoxy) is 3. The van der Waals surface area contributed by atoms with Crippen molar-refractivity contribution in [3.05, 3.63) is 65.5 Å². The predicted octanol–water partition coefficient (Wildman–Crippen LogP) is 3.35. The van der Waals surface area contributed by atoms with Crippen LogP contribution < -0.4 is 9.47 Å². The van der Waals surface area contributed by atoms with Gasteiger partial charge in [0.25, 0.3) is 0 Å². The number of benzene rings is 2. The summed E-state index contributed by atoms with van der Waals surface area (Å²) < 4.78 is 17.7. The molecular weight excluding hydrogens is 346 g/mol. The molecule has 1 aromatic heterocycles. The van der Waals surface area contributed by atoms with Gasteiger partial charge in [0.15, 0.2) is 12.4 Å². The molecule has 0 fully saturated rings. The maximum Gasteiger partial charge on any atom is 0.343 e. The van der Waals surface area contributed by atoms with Gasteiger partial charge in [-0.05, 0) is 24.3 Å². The first-order chi connectivity index (χ1) is 13.1. The molecule has 1 aliphatic rings. The molecule has 0 unspecified atom stereocenters. The van der Waals surface area contributed by atoms with Crippen LogP contribution in [0.5, 0.6) is 11.5 Å². The Hall–Kier alpha value is -3.54. The molecule has 0 spiro atoms. The molecule has 2 heterocycles. The molecule has 4 rings (SSSR count). The number of nitrogens with zero attached hydrogens (tertiary/aromatic N) is 1. The number of aromatic nitrogens is 1. The Bertz CT molecular complexity index is 1090. The van der Waals surface area contributed by atoms with Gasteiger partial charge >= 0.3 is 5.97 Å². The number of aryl methyl sites for hydroxylation is 1. The largest absolute Gasteiger partial charge is 0.482 e. The fourth-order valence-corrected chi connectivity index (χ4v) is 3.09. The lowest BCUT2D eigenvalue weighted by molar-refractivity contribution is -0.142. The molecule has 0 bridgehead atoms. The second kappa shape index (κ2) is 6.64. The van der Waals surface area contributed by atoms with Crippen molar-refractivity contribution in [2.24, 2.45) is 7.05 Å². The number of rotatable bonds is 4. The number of carbonyl (C=O) groups is 2. The summed E-state index contributed by atoms with van der Waals surface area (Å²) in [6, 6.07) is 12.8. The van der Waals surface area contributed by atoms with Crippen molar-refractivity contribution >= 4 is 28.7 Å². The number of esters is 1. The van der Waals surface area contributed by atoms with Gasteiger partial charge in [-0.25, -0.2) is 4.79 Å². The van der Waals surface area contributed by atoms with Crippen LogP contribution in [0.1, 0.15) is 15.9 Å². The lowest BCUT2D eigenvalue weighted by atomic mass is 10.1. The summed E-state index contributed by atoms with van der Waals surface area (Å²) in [7, 11) is 3.25. The highest BCUT2D eigenvalue weighted by atomic mass is 16.6. The van der Waals surface area contributed by atoms with Crippen LogP contribution in [0, 0.1) is 0 Å². The zero-order valence-electron chi connectivity index (χ0n) is 14.9. The van der Waals surface area contributed by atoms with E-state index >= 15 is 0 Å². The Morgan fingerprint density at radius 3 is 2.85 bits per heavy atom. The van der Waals surface area contributed by atoms with E-state index in [-0.39, 0.29) is 18.1 Å². The second-order valence-corrected chi connectivity index (χ2v) is 6.18. The second-order valence-electron chi connectivity index (χ2n) is 6.18. The van der Waals surface area contributed by atoms with E-state index in [1.165, 1.54) is 7.11 Å². The molecule has 0 atom stereocenters. The fraction of sp³-hybridized carbons (Fsp3) is 0.143. The van der Waals surface area contributed by atoms with Gasteiger partial charge in [-0.1, -0.05) is 18.2 Å². The molecule has 0 saturated carbocycles. The van der Waals surface area contributed by atoms with Gasteiger partial charge in [-0.15, -0.1) is 0 Å². The molecule has 6 heteroatoms. The maximum atomic E-state index is 12.7. The van der Waals surface area contributed by atoms with Gasteiger partial charge in [0.05, 0.1) is 12.7 Å². The zero-order chi connectivity index (χ0) is 19.0. The Morgan fingerprint density at radius 2 is 2.04 bits per heavy atom. The minimum atomic E-state index is -0.482. The van der Waals surface area contributed by atoms with Crippen LogP contribution in [-0.2, 0) is 16.6 Å². The predicted molar refractivity (Wildman–Crippen MR) is 99.8 cm³/mol. The van der Waals surface area contributed by atoms with E-state index in [9.17, 15) is 9.59 Å². The molecule has 3 aromatic rings. The summed E-state index contributed by atoms with van der Waals surface area (Å²) in [6.07, 6.45) is 3.71. The van der Waals surface area contributed by atoms with Gasteiger partial charge in [0, 0.05) is 35.8 Å². The van der Waals surface area contributed by atoms with Crippen molar-refractivity contribution in [2.45, 2.75) is 0 Å². The number of ketones is 1. The van der Waals surface area contributed by atoms with Crippen molar-refractivity contribution in [2.75, 3.05) is 13.7 Å². The third-order valence-electron chi connectivity index (χ3n) is 4.44. The topological polar surface area (TPSA) is 66.8 Å². The van der Waals surface area contributed by atoms with E-state index in [0.29, 0.717) is 17.1 Å². The first kappa shape index (κ1) is 16.9. The van der Waals surface area contributed by atoms with E-state index in [1.807, 2.05) is 42.1 Å². The van der Waals surface area contributed by atoms with Crippen LogP contribution in [0.4, 0.5) is 0 Å². The van der Waals surface area contributed by atoms with E-state index in [2.05, 4.69) is 4.74 Å².